The summed E-state index contributed by atoms with van der Waals surface area (Å²) in [5, 5.41) is 3.56. The summed E-state index contributed by atoms with van der Waals surface area (Å²) in [7, 11) is 0. The molecule has 3 nitrogen and oxygen atoms in total. The molecule has 3 heteroatoms. The maximum Gasteiger partial charge on any atom is 0.0350 e. The molecule has 0 radical (unpaired) electrons. The summed E-state index contributed by atoms with van der Waals surface area (Å²) >= 11 is 0. The molecule has 0 aliphatic carbocycles. The van der Waals surface area contributed by atoms with Gasteiger partial charge in [0.2, 0.25) is 0 Å². The molecule has 17 heavy (non-hydrogen) atoms. The second-order valence-electron chi connectivity index (χ2n) is 5.44. The van der Waals surface area contributed by atoms with Crippen LogP contribution in [0.2, 0.25) is 0 Å². The summed E-state index contributed by atoms with van der Waals surface area (Å²) in [6.07, 6.45) is 1.21. The van der Waals surface area contributed by atoms with Crippen molar-refractivity contribution in [2.45, 2.75) is 31.7 Å². The largest absolute Gasteiger partial charge is 0.314 e. The molecule has 1 saturated heterocycles. The Morgan fingerprint density at radius 1 is 1.29 bits per heavy atom. The molecule has 0 spiro atoms. The number of hydrazine groups is 1. The Morgan fingerprint density at radius 2 is 2.06 bits per heavy atom. The summed E-state index contributed by atoms with van der Waals surface area (Å²) in [5.74, 6) is 0. The Balaban J connectivity index is 1.80. The molecule has 0 aromatic heterocycles. The van der Waals surface area contributed by atoms with Crippen molar-refractivity contribution in [3.8, 4) is 0 Å². The van der Waals surface area contributed by atoms with Crippen LogP contribution in [0.5, 0.6) is 0 Å². The molecule has 1 aromatic carbocycles. The Morgan fingerprint density at radius 3 is 2.71 bits per heavy atom. The molecular weight excluding hydrogens is 210 g/mol. The predicted molar refractivity (Wildman–Crippen MR) is 71.9 cm³/mol. The van der Waals surface area contributed by atoms with Crippen LogP contribution < -0.4 is 16.2 Å². The minimum absolute atomic E-state index is 0.188. The van der Waals surface area contributed by atoms with E-state index in [1.54, 1.807) is 0 Å². The zero-order valence-corrected chi connectivity index (χ0v) is 10.8. The standard InChI is InChI=1S/C14H23N3/c1-14(2,12-6-4-3-5-7-12)11-15-10-13-8-9-16-17-13/h3-7,13,15-17H,8-11H2,1-2H3. The SMILES string of the molecule is CC(C)(CNCC1CCNN1)c1ccccc1. The van der Waals surface area contributed by atoms with E-state index < -0.39 is 0 Å². The smallest absolute Gasteiger partial charge is 0.0350 e. The van der Waals surface area contributed by atoms with Gasteiger partial charge in [0.25, 0.3) is 0 Å². The summed E-state index contributed by atoms with van der Waals surface area (Å²) in [5.41, 5.74) is 8.01. The van der Waals surface area contributed by atoms with Crippen molar-refractivity contribution in [1.29, 1.82) is 0 Å². The molecular formula is C14H23N3. The average Bonchev–Trinajstić information content (AvgIpc) is 2.83. The highest BCUT2D eigenvalue weighted by molar-refractivity contribution is 5.23. The van der Waals surface area contributed by atoms with Crippen molar-refractivity contribution in [3.05, 3.63) is 35.9 Å². The number of benzene rings is 1. The fraction of sp³-hybridized carbons (Fsp3) is 0.571. The third-order valence-corrected chi connectivity index (χ3v) is 3.44. The van der Waals surface area contributed by atoms with Gasteiger partial charge in [-0.15, -0.1) is 0 Å². The number of hydrogen-bond acceptors (Lipinski definition) is 3. The van der Waals surface area contributed by atoms with Crippen molar-refractivity contribution in [3.63, 3.8) is 0 Å². The minimum Gasteiger partial charge on any atom is -0.314 e. The van der Waals surface area contributed by atoms with Gasteiger partial charge < -0.3 is 5.32 Å². The van der Waals surface area contributed by atoms with E-state index in [0.29, 0.717) is 6.04 Å². The highest BCUT2D eigenvalue weighted by Crippen LogP contribution is 2.21. The minimum atomic E-state index is 0.188. The molecule has 94 valence electrons. The van der Waals surface area contributed by atoms with Crippen LogP contribution >= 0.6 is 0 Å². The van der Waals surface area contributed by atoms with Crippen LogP contribution in [0, 0.1) is 0 Å². The van der Waals surface area contributed by atoms with E-state index in [2.05, 4.69) is 60.3 Å². The Labute approximate surface area is 104 Å². The van der Waals surface area contributed by atoms with Gasteiger partial charge in [0, 0.05) is 31.1 Å². The number of nitrogens with one attached hydrogen (secondary N) is 3. The first-order valence-electron chi connectivity index (χ1n) is 6.43. The maximum atomic E-state index is 3.56. The topological polar surface area (TPSA) is 36.1 Å². The maximum absolute atomic E-state index is 3.56. The molecule has 1 heterocycles. The molecule has 3 N–H and O–H groups in total. The first-order valence-corrected chi connectivity index (χ1v) is 6.43. The zero-order chi connectivity index (χ0) is 12.1. The van der Waals surface area contributed by atoms with E-state index in [1.807, 2.05) is 0 Å². The van der Waals surface area contributed by atoms with Crippen LogP contribution in [0.25, 0.3) is 0 Å². The van der Waals surface area contributed by atoms with E-state index in [9.17, 15) is 0 Å². The van der Waals surface area contributed by atoms with Crippen LogP contribution in [0.3, 0.4) is 0 Å². The van der Waals surface area contributed by atoms with Gasteiger partial charge in [-0.25, -0.2) is 0 Å². The van der Waals surface area contributed by atoms with Crippen molar-refractivity contribution in [2.24, 2.45) is 0 Å². The Bertz CT molecular complexity index is 329. The van der Waals surface area contributed by atoms with Crippen LogP contribution in [0.15, 0.2) is 30.3 Å². The van der Waals surface area contributed by atoms with Crippen LogP contribution in [-0.4, -0.2) is 25.7 Å². The molecule has 1 aliphatic rings. The van der Waals surface area contributed by atoms with Gasteiger partial charge in [0.1, 0.15) is 0 Å². The van der Waals surface area contributed by atoms with Crippen molar-refractivity contribution >= 4 is 0 Å². The lowest BCUT2D eigenvalue weighted by atomic mass is 9.84. The lowest BCUT2D eigenvalue weighted by Gasteiger charge is -2.26. The van der Waals surface area contributed by atoms with Crippen molar-refractivity contribution < 1.29 is 0 Å². The highest BCUT2D eigenvalue weighted by atomic mass is 15.4. The average molecular weight is 233 g/mol. The lowest BCUT2D eigenvalue weighted by molar-refractivity contribution is 0.435. The summed E-state index contributed by atoms with van der Waals surface area (Å²) in [4.78, 5) is 0. The molecule has 1 aromatic rings. The fourth-order valence-electron chi connectivity index (χ4n) is 2.24. The van der Waals surface area contributed by atoms with Crippen LogP contribution in [0.1, 0.15) is 25.8 Å². The molecule has 1 unspecified atom stereocenters. The Hall–Kier alpha value is -0.900. The molecule has 0 bridgehead atoms. The summed E-state index contributed by atoms with van der Waals surface area (Å²) in [6, 6.07) is 11.3. The first kappa shape index (κ1) is 12.6. The van der Waals surface area contributed by atoms with E-state index in [0.717, 1.165) is 19.6 Å². The third kappa shape index (κ3) is 3.53. The van der Waals surface area contributed by atoms with E-state index in [-0.39, 0.29) is 5.41 Å². The van der Waals surface area contributed by atoms with Gasteiger partial charge >= 0.3 is 0 Å². The number of rotatable bonds is 5. The quantitative estimate of drug-likeness (QED) is 0.720. The molecule has 1 atom stereocenters. The normalized spacial score (nSPS) is 20.7. The van der Waals surface area contributed by atoms with E-state index in [4.69, 9.17) is 0 Å². The second-order valence-corrected chi connectivity index (χ2v) is 5.44. The fourth-order valence-corrected chi connectivity index (χ4v) is 2.24. The van der Waals surface area contributed by atoms with Crippen LogP contribution in [-0.2, 0) is 5.41 Å². The lowest BCUT2D eigenvalue weighted by Crippen LogP contribution is -2.41. The van der Waals surface area contributed by atoms with Crippen molar-refractivity contribution in [1.82, 2.24) is 16.2 Å². The third-order valence-electron chi connectivity index (χ3n) is 3.44. The molecule has 2 rings (SSSR count). The second kappa shape index (κ2) is 5.63. The first-order chi connectivity index (χ1) is 8.18. The monoisotopic (exact) mass is 233 g/mol. The molecule has 1 fully saturated rings. The highest BCUT2D eigenvalue weighted by Gasteiger charge is 2.21. The predicted octanol–water partition coefficient (Wildman–Crippen LogP) is 1.42. The molecule has 0 amide bonds. The Kier molecular flexibility index (Phi) is 4.15. The zero-order valence-electron chi connectivity index (χ0n) is 10.8. The van der Waals surface area contributed by atoms with E-state index in [1.165, 1.54) is 12.0 Å². The molecule has 0 saturated carbocycles. The summed E-state index contributed by atoms with van der Waals surface area (Å²) in [6.45, 7) is 7.69. The van der Waals surface area contributed by atoms with Crippen molar-refractivity contribution in [2.75, 3.05) is 19.6 Å². The van der Waals surface area contributed by atoms with Gasteiger partial charge in [-0.2, -0.15) is 0 Å². The van der Waals surface area contributed by atoms with Gasteiger partial charge in [0.15, 0.2) is 0 Å². The van der Waals surface area contributed by atoms with Gasteiger partial charge in [-0.3, -0.25) is 10.9 Å². The van der Waals surface area contributed by atoms with Crippen LogP contribution in [0.4, 0.5) is 0 Å². The molecule has 1 aliphatic heterocycles. The van der Waals surface area contributed by atoms with Gasteiger partial charge in [0.05, 0.1) is 0 Å². The number of hydrogen-bond donors (Lipinski definition) is 3. The van der Waals surface area contributed by atoms with E-state index >= 15 is 0 Å². The van der Waals surface area contributed by atoms with Gasteiger partial charge in [-0.1, -0.05) is 44.2 Å². The summed E-state index contributed by atoms with van der Waals surface area (Å²) < 4.78 is 0. The van der Waals surface area contributed by atoms with Gasteiger partial charge in [-0.05, 0) is 12.0 Å².